The van der Waals surface area contributed by atoms with Crippen molar-refractivity contribution in [3.8, 4) is 0 Å². The van der Waals surface area contributed by atoms with E-state index in [1.165, 1.54) is 0 Å². The molecule has 1 aliphatic rings. The fraction of sp³-hybridized carbons (Fsp3) is 0.800. The highest BCUT2D eigenvalue weighted by Gasteiger charge is 2.25. The minimum absolute atomic E-state index is 0.221. The third-order valence-corrected chi connectivity index (χ3v) is 2.57. The lowest BCUT2D eigenvalue weighted by molar-refractivity contribution is 0.172. The van der Waals surface area contributed by atoms with Crippen LogP contribution in [0.25, 0.3) is 0 Å². The van der Waals surface area contributed by atoms with E-state index < -0.39 is 0 Å². The molecule has 1 fully saturated rings. The predicted molar refractivity (Wildman–Crippen MR) is 54.6 cm³/mol. The van der Waals surface area contributed by atoms with Crippen molar-refractivity contribution in [2.45, 2.75) is 13.0 Å². The average molecular weight is 184 g/mol. The van der Waals surface area contributed by atoms with Crippen LogP contribution in [0.3, 0.4) is 0 Å². The maximum atomic E-state index is 5.90. The Kier molecular flexibility index (Phi) is 4.42. The highest BCUT2D eigenvalue weighted by atomic mass is 16.5. The van der Waals surface area contributed by atoms with Gasteiger partial charge < -0.3 is 10.5 Å². The highest BCUT2D eigenvalue weighted by molar-refractivity contribution is 4.82. The summed E-state index contributed by atoms with van der Waals surface area (Å²) in [6.07, 6.45) is 1.94. The molecule has 2 unspecified atom stereocenters. The van der Waals surface area contributed by atoms with Crippen LogP contribution in [-0.2, 0) is 4.74 Å². The summed E-state index contributed by atoms with van der Waals surface area (Å²) in [5.41, 5.74) is 5.90. The first-order valence-corrected chi connectivity index (χ1v) is 4.94. The highest BCUT2D eigenvalue weighted by Crippen LogP contribution is 2.12. The lowest BCUT2D eigenvalue weighted by Gasteiger charge is -2.23. The SMILES string of the molecule is C=CCN(CC)CC1COCC1N. The van der Waals surface area contributed by atoms with Crippen molar-refractivity contribution in [3.63, 3.8) is 0 Å². The quantitative estimate of drug-likeness (QED) is 0.631. The smallest absolute Gasteiger partial charge is 0.0621 e. The molecule has 0 saturated carbocycles. The third kappa shape index (κ3) is 3.10. The van der Waals surface area contributed by atoms with Gasteiger partial charge in [0, 0.05) is 25.0 Å². The Hall–Kier alpha value is -0.380. The van der Waals surface area contributed by atoms with Gasteiger partial charge >= 0.3 is 0 Å². The lowest BCUT2D eigenvalue weighted by Crippen LogP contribution is -2.38. The van der Waals surface area contributed by atoms with Crippen LogP contribution in [-0.4, -0.2) is 43.8 Å². The van der Waals surface area contributed by atoms with Gasteiger partial charge in [-0.15, -0.1) is 6.58 Å². The molecule has 0 radical (unpaired) electrons. The summed E-state index contributed by atoms with van der Waals surface area (Å²) in [6, 6.07) is 0.221. The van der Waals surface area contributed by atoms with Crippen LogP contribution in [0.5, 0.6) is 0 Å². The summed E-state index contributed by atoms with van der Waals surface area (Å²) in [6.45, 7) is 10.5. The minimum atomic E-state index is 0.221. The number of ether oxygens (including phenoxy) is 1. The number of likely N-dealkylation sites (N-methyl/N-ethyl adjacent to an activating group) is 1. The molecule has 1 saturated heterocycles. The second-order valence-electron chi connectivity index (χ2n) is 3.60. The van der Waals surface area contributed by atoms with Crippen molar-refractivity contribution in [3.05, 3.63) is 12.7 Å². The summed E-state index contributed by atoms with van der Waals surface area (Å²) in [5.74, 6) is 0.500. The standard InChI is InChI=1S/C10H20N2O/c1-3-5-12(4-2)6-9-7-13-8-10(9)11/h3,9-10H,1,4-8,11H2,2H3. The van der Waals surface area contributed by atoms with Crippen LogP contribution >= 0.6 is 0 Å². The topological polar surface area (TPSA) is 38.5 Å². The molecular formula is C10H20N2O. The zero-order valence-corrected chi connectivity index (χ0v) is 8.41. The first-order valence-electron chi connectivity index (χ1n) is 4.94. The largest absolute Gasteiger partial charge is 0.379 e. The van der Waals surface area contributed by atoms with Crippen molar-refractivity contribution < 1.29 is 4.74 Å². The summed E-state index contributed by atoms with van der Waals surface area (Å²) in [7, 11) is 0. The average Bonchev–Trinajstić information content (AvgIpc) is 2.51. The molecule has 1 aliphatic heterocycles. The molecule has 0 spiro atoms. The molecule has 0 aromatic carbocycles. The van der Waals surface area contributed by atoms with Crippen LogP contribution < -0.4 is 5.73 Å². The van der Waals surface area contributed by atoms with Crippen LogP contribution in [0.15, 0.2) is 12.7 Å². The number of rotatable bonds is 5. The molecule has 0 bridgehead atoms. The molecule has 0 amide bonds. The normalized spacial score (nSPS) is 28.2. The fourth-order valence-corrected chi connectivity index (χ4v) is 1.65. The van der Waals surface area contributed by atoms with E-state index in [0.717, 1.165) is 32.8 Å². The molecule has 0 aromatic heterocycles. The van der Waals surface area contributed by atoms with E-state index in [1.54, 1.807) is 0 Å². The number of nitrogens with two attached hydrogens (primary N) is 1. The molecule has 2 atom stereocenters. The molecule has 1 rings (SSSR count). The van der Waals surface area contributed by atoms with Gasteiger partial charge in [0.2, 0.25) is 0 Å². The second kappa shape index (κ2) is 5.37. The maximum Gasteiger partial charge on any atom is 0.0621 e. The summed E-state index contributed by atoms with van der Waals surface area (Å²) >= 11 is 0. The summed E-state index contributed by atoms with van der Waals surface area (Å²) < 4.78 is 5.32. The first-order chi connectivity index (χ1) is 6.27. The van der Waals surface area contributed by atoms with E-state index in [0.29, 0.717) is 5.92 Å². The molecule has 2 N–H and O–H groups in total. The summed E-state index contributed by atoms with van der Waals surface area (Å²) in [4.78, 5) is 2.34. The maximum absolute atomic E-state index is 5.90. The Balaban J connectivity index is 2.31. The van der Waals surface area contributed by atoms with Gasteiger partial charge in [-0.3, -0.25) is 4.90 Å². The van der Waals surface area contributed by atoms with Crippen molar-refractivity contribution in [2.75, 3.05) is 32.8 Å². The van der Waals surface area contributed by atoms with Crippen molar-refractivity contribution in [1.82, 2.24) is 4.90 Å². The molecule has 0 aliphatic carbocycles. The van der Waals surface area contributed by atoms with Crippen LogP contribution in [0.4, 0.5) is 0 Å². The molecule has 1 heterocycles. The van der Waals surface area contributed by atoms with Gasteiger partial charge in [0.15, 0.2) is 0 Å². The lowest BCUT2D eigenvalue weighted by atomic mass is 10.0. The van der Waals surface area contributed by atoms with Gasteiger partial charge in [0.25, 0.3) is 0 Å². The third-order valence-electron chi connectivity index (χ3n) is 2.57. The van der Waals surface area contributed by atoms with E-state index in [-0.39, 0.29) is 6.04 Å². The number of hydrogen-bond donors (Lipinski definition) is 1. The molecule has 76 valence electrons. The first kappa shape index (κ1) is 10.7. The Morgan fingerprint density at radius 1 is 1.62 bits per heavy atom. The van der Waals surface area contributed by atoms with Crippen molar-refractivity contribution in [2.24, 2.45) is 11.7 Å². The Morgan fingerprint density at radius 3 is 2.85 bits per heavy atom. The molecule has 3 nitrogen and oxygen atoms in total. The van der Waals surface area contributed by atoms with E-state index >= 15 is 0 Å². The fourth-order valence-electron chi connectivity index (χ4n) is 1.65. The van der Waals surface area contributed by atoms with E-state index in [9.17, 15) is 0 Å². The van der Waals surface area contributed by atoms with Gasteiger partial charge in [-0.1, -0.05) is 13.0 Å². The molecule has 3 heteroatoms. The van der Waals surface area contributed by atoms with Crippen molar-refractivity contribution in [1.29, 1.82) is 0 Å². The molecule has 13 heavy (non-hydrogen) atoms. The molecule has 0 aromatic rings. The van der Waals surface area contributed by atoms with Crippen LogP contribution in [0.1, 0.15) is 6.92 Å². The zero-order chi connectivity index (χ0) is 9.68. The second-order valence-corrected chi connectivity index (χ2v) is 3.60. The van der Waals surface area contributed by atoms with Crippen molar-refractivity contribution >= 4 is 0 Å². The Labute approximate surface area is 80.5 Å². The van der Waals surface area contributed by atoms with Gasteiger partial charge in [-0.2, -0.15) is 0 Å². The van der Waals surface area contributed by atoms with Crippen LogP contribution in [0, 0.1) is 5.92 Å². The minimum Gasteiger partial charge on any atom is -0.379 e. The van der Waals surface area contributed by atoms with Crippen LogP contribution in [0.2, 0.25) is 0 Å². The van der Waals surface area contributed by atoms with Gasteiger partial charge in [-0.05, 0) is 6.54 Å². The van der Waals surface area contributed by atoms with Gasteiger partial charge in [-0.25, -0.2) is 0 Å². The summed E-state index contributed by atoms with van der Waals surface area (Å²) in [5, 5.41) is 0. The number of nitrogens with zero attached hydrogens (tertiary/aromatic N) is 1. The van der Waals surface area contributed by atoms with E-state index in [2.05, 4.69) is 18.4 Å². The monoisotopic (exact) mass is 184 g/mol. The Bertz CT molecular complexity index is 161. The van der Waals surface area contributed by atoms with E-state index in [1.807, 2.05) is 6.08 Å². The number of hydrogen-bond acceptors (Lipinski definition) is 3. The van der Waals surface area contributed by atoms with Gasteiger partial charge in [0.1, 0.15) is 0 Å². The van der Waals surface area contributed by atoms with E-state index in [4.69, 9.17) is 10.5 Å². The Morgan fingerprint density at radius 2 is 2.38 bits per heavy atom. The zero-order valence-electron chi connectivity index (χ0n) is 8.41. The predicted octanol–water partition coefficient (Wildman–Crippen LogP) is 0.468. The van der Waals surface area contributed by atoms with Gasteiger partial charge in [0.05, 0.1) is 13.2 Å². The molecular weight excluding hydrogens is 164 g/mol.